The molecule has 64 valence electrons. The summed E-state index contributed by atoms with van der Waals surface area (Å²) >= 11 is 0. The molecule has 1 heterocycles. The van der Waals surface area contributed by atoms with Gasteiger partial charge in [-0.3, -0.25) is 4.79 Å². The summed E-state index contributed by atoms with van der Waals surface area (Å²) in [6.07, 6.45) is 0. The van der Waals surface area contributed by atoms with Gasteiger partial charge in [-0.05, 0) is 25.5 Å². The zero-order valence-electron chi connectivity index (χ0n) is 7.09. The topological polar surface area (TPSA) is 82.0 Å². The number of nitrogens with zero attached hydrogens (tertiary/aromatic N) is 1. The van der Waals surface area contributed by atoms with Crippen molar-refractivity contribution in [1.82, 2.24) is 4.98 Å². The Morgan fingerprint density at radius 1 is 1.50 bits per heavy atom. The molecule has 0 atom stereocenters. The molecule has 0 aromatic carbocycles. The van der Waals surface area contributed by atoms with Crippen molar-refractivity contribution in [3.8, 4) is 0 Å². The average Bonchev–Trinajstić information content (AvgIpc) is 1.82. The fraction of sp³-hybridized carbons (Fsp3) is 0.250. The molecule has 0 radical (unpaired) electrons. The Morgan fingerprint density at radius 2 is 2.08 bits per heavy atom. The van der Waals surface area contributed by atoms with Gasteiger partial charge >= 0.3 is 0 Å². The standard InChI is InChI=1S/C8H11N3O/c1-4-3-6(9)11-8(10)7(4)5(2)12/h3H,1-2H3,(H4,9,10,11). The van der Waals surface area contributed by atoms with Crippen molar-refractivity contribution in [3.05, 3.63) is 17.2 Å². The van der Waals surface area contributed by atoms with Crippen LogP contribution in [0.25, 0.3) is 0 Å². The van der Waals surface area contributed by atoms with Crippen LogP contribution in [-0.2, 0) is 0 Å². The van der Waals surface area contributed by atoms with Gasteiger partial charge in [0.2, 0.25) is 0 Å². The summed E-state index contributed by atoms with van der Waals surface area (Å²) < 4.78 is 0. The number of carbonyl (C=O) groups is 1. The van der Waals surface area contributed by atoms with Gasteiger partial charge in [0.15, 0.2) is 5.78 Å². The highest BCUT2D eigenvalue weighted by molar-refractivity contribution is 5.99. The molecule has 12 heavy (non-hydrogen) atoms. The Hall–Kier alpha value is -1.58. The molecular weight excluding hydrogens is 154 g/mol. The number of hydrogen-bond acceptors (Lipinski definition) is 4. The molecule has 0 spiro atoms. The minimum atomic E-state index is -0.0856. The Balaban J connectivity index is 3.38. The van der Waals surface area contributed by atoms with E-state index in [1.807, 2.05) is 0 Å². The highest BCUT2D eigenvalue weighted by Crippen LogP contribution is 2.17. The SMILES string of the molecule is CC(=O)c1c(C)cc(N)nc1N. The van der Waals surface area contributed by atoms with Crippen molar-refractivity contribution in [3.63, 3.8) is 0 Å². The minimum Gasteiger partial charge on any atom is -0.384 e. The van der Waals surface area contributed by atoms with Crippen LogP contribution in [0.4, 0.5) is 11.6 Å². The molecule has 1 rings (SSSR count). The van der Waals surface area contributed by atoms with E-state index in [-0.39, 0.29) is 11.6 Å². The van der Waals surface area contributed by atoms with Gasteiger partial charge in [-0.1, -0.05) is 0 Å². The van der Waals surface area contributed by atoms with E-state index in [0.29, 0.717) is 11.4 Å². The zero-order valence-corrected chi connectivity index (χ0v) is 7.09. The largest absolute Gasteiger partial charge is 0.384 e. The Morgan fingerprint density at radius 3 is 2.50 bits per heavy atom. The summed E-state index contributed by atoms with van der Waals surface area (Å²) in [4.78, 5) is 14.8. The van der Waals surface area contributed by atoms with Gasteiger partial charge < -0.3 is 11.5 Å². The molecule has 0 saturated heterocycles. The molecule has 0 fully saturated rings. The number of pyridine rings is 1. The molecule has 0 aliphatic carbocycles. The maximum absolute atomic E-state index is 11.0. The molecule has 4 heteroatoms. The lowest BCUT2D eigenvalue weighted by Crippen LogP contribution is -2.06. The minimum absolute atomic E-state index is 0.0856. The van der Waals surface area contributed by atoms with Gasteiger partial charge in [0.1, 0.15) is 11.6 Å². The van der Waals surface area contributed by atoms with Crippen LogP contribution in [0, 0.1) is 6.92 Å². The third-order valence-corrected chi connectivity index (χ3v) is 1.62. The Kier molecular flexibility index (Phi) is 1.99. The van der Waals surface area contributed by atoms with E-state index in [2.05, 4.69) is 4.98 Å². The predicted molar refractivity (Wildman–Crippen MR) is 47.8 cm³/mol. The number of anilines is 2. The molecule has 4 N–H and O–H groups in total. The number of ketones is 1. The first-order valence-electron chi connectivity index (χ1n) is 3.56. The van der Waals surface area contributed by atoms with E-state index in [4.69, 9.17) is 11.5 Å². The van der Waals surface area contributed by atoms with Gasteiger partial charge in [0.05, 0.1) is 5.56 Å². The van der Waals surface area contributed by atoms with Crippen LogP contribution >= 0.6 is 0 Å². The molecule has 0 aliphatic heterocycles. The number of carbonyl (C=O) groups excluding carboxylic acids is 1. The number of aromatic nitrogens is 1. The number of nitrogen functional groups attached to an aromatic ring is 2. The van der Waals surface area contributed by atoms with E-state index < -0.39 is 0 Å². The Labute approximate surface area is 70.6 Å². The van der Waals surface area contributed by atoms with Gasteiger partial charge in [-0.25, -0.2) is 4.98 Å². The molecule has 0 unspecified atom stereocenters. The first-order valence-corrected chi connectivity index (χ1v) is 3.56. The maximum atomic E-state index is 11.0. The molecular formula is C8H11N3O. The molecule has 4 nitrogen and oxygen atoms in total. The molecule has 0 bridgehead atoms. The second-order valence-electron chi connectivity index (χ2n) is 2.68. The molecule has 0 aliphatic rings. The predicted octanol–water partition coefficient (Wildman–Crippen LogP) is 0.757. The van der Waals surface area contributed by atoms with Crippen LogP contribution in [0.1, 0.15) is 22.8 Å². The molecule has 0 saturated carbocycles. The van der Waals surface area contributed by atoms with Gasteiger partial charge in [-0.2, -0.15) is 0 Å². The van der Waals surface area contributed by atoms with E-state index >= 15 is 0 Å². The molecule has 1 aromatic rings. The van der Waals surface area contributed by atoms with Gasteiger partial charge in [0, 0.05) is 0 Å². The van der Waals surface area contributed by atoms with Gasteiger partial charge in [0.25, 0.3) is 0 Å². The third kappa shape index (κ3) is 1.37. The average molecular weight is 165 g/mol. The highest BCUT2D eigenvalue weighted by atomic mass is 16.1. The number of rotatable bonds is 1. The second kappa shape index (κ2) is 2.81. The first kappa shape index (κ1) is 8.52. The van der Waals surface area contributed by atoms with E-state index in [9.17, 15) is 4.79 Å². The first-order chi connectivity index (χ1) is 5.52. The summed E-state index contributed by atoms with van der Waals surface area (Å²) in [6, 6.07) is 1.63. The number of nitrogens with two attached hydrogens (primary N) is 2. The van der Waals surface area contributed by atoms with Crippen molar-refractivity contribution in [1.29, 1.82) is 0 Å². The van der Waals surface area contributed by atoms with Crippen molar-refractivity contribution in [2.45, 2.75) is 13.8 Å². The van der Waals surface area contributed by atoms with E-state index in [1.54, 1.807) is 13.0 Å². The van der Waals surface area contributed by atoms with Crippen LogP contribution in [0.15, 0.2) is 6.07 Å². The Bertz CT molecular complexity index is 310. The highest BCUT2D eigenvalue weighted by Gasteiger charge is 2.09. The lowest BCUT2D eigenvalue weighted by atomic mass is 10.1. The van der Waals surface area contributed by atoms with Gasteiger partial charge in [-0.15, -0.1) is 0 Å². The van der Waals surface area contributed by atoms with E-state index in [1.165, 1.54) is 6.92 Å². The van der Waals surface area contributed by atoms with Crippen LogP contribution in [0.5, 0.6) is 0 Å². The lowest BCUT2D eigenvalue weighted by Gasteiger charge is -2.05. The van der Waals surface area contributed by atoms with Crippen LogP contribution in [0.2, 0.25) is 0 Å². The quantitative estimate of drug-likeness (QED) is 0.602. The van der Waals surface area contributed by atoms with Crippen molar-refractivity contribution < 1.29 is 4.79 Å². The summed E-state index contributed by atoms with van der Waals surface area (Å²) in [5.41, 5.74) is 12.2. The number of aryl methyl sites for hydroxylation is 1. The molecule has 1 aromatic heterocycles. The fourth-order valence-electron chi connectivity index (χ4n) is 1.18. The van der Waals surface area contributed by atoms with E-state index in [0.717, 1.165) is 5.56 Å². The zero-order chi connectivity index (χ0) is 9.30. The third-order valence-electron chi connectivity index (χ3n) is 1.62. The van der Waals surface area contributed by atoms with Crippen LogP contribution in [0.3, 0.4) is 0 Å². The monoisotopic (exact) mass is 165 g/mol. The second-order valence-corrected chi connectivity index (χ2v) is 2.68. The number of Topliss-reactive ketones (excluding diaryl/α,β-unsaturated/α-hetero) is 1. The normalized spacial score (nSPS) is 9.83. The van der Waals surface area contributed by atoms with Crippen LogP contribution < -0.4 is 11.5 Å². The summed E-state index contributed by atoms with van der Waals surface area (Å²) in [5, 5.41) is 0. The summed E-state index contributed by atoms with van der Waals surface area (Å²) in [7, 11) is 0. The maximum Gasteiger partial charge on any atom is 0.163 e. The smallest absolute Gasteiger partial charge is 0.163 e. The summed E-state index contributed by atoms with van der Waals surface area (Å²) in [6.45, 7) is 3.24. The van der Waals surface area contributed by atoms with Crippen molar-refractivity contribution in [2.24, 2.45) is 0 Å². The lowest BCUT2D eigenvalue weighted by molar-refractivity contribution is 0.101. The number of hydrogen-bond donors (Lipinski definition) is 2. The molecule has 0 amide bonds. The summed E-state index contributed by atoms with van der Waals surface area (Å²) in [5.74, 6) is 0.465. The van der Waals surface area contributed by atoms with Crippen molar-refractivity contribution in [2.75, 3.05) is 11.5 Å². The van der Waals surface area contributed by atoms with Crippen LogP contribution in [-0.4, -0.2) is 10.8 Å². The van der Waals surface area contributed by atoms with Crippen molar-refractivity contribution >= 4 is 17.4 Å². The fourth-order valence-corrected chi connectivity index (χ4v) is 1.18.